The summed E-state index contributed by atoms with van der Waals surface area (Å²) in [6.45, 7) is 8.88. The average Bonchev–Trinajstić information content (AvgIpc) is 2.85. The molecule has 1 aromatic heterocycles. The lowest BCUT2D eigenvalue weighted by molar-refractivity contribution is -0.126. The van der Waals surface area contributed by atoms with Gasteiger partial charge < -0.3 is 14.6 Å². The standard InChI is InChI=1S/C17H26N2O3/c1-5-11(2)18-16(20)14-7-6-8-19(10-14)17(21)15-9-12(3)22-13(15)4/h9,11,14H,5-8,10H2,1-4H3,(H,18,20). The molecule has 1 aliphatic rings. The van der Waals surface area contributed by atoms with E-state index >= 15 is 0 Å². The molecule has 5 nitrogen and oxygen atoms in total. The molecule has 0 saturated carbocycles. The molecule has 2 rings (SSSR count). The largest absolute Gasteiger partial charge is 0.466 e. The van der Waals surface area contributed by atoms with Crippen molar-refractivity contribution in [3.05, 3.63) is 23.2 Å². The van der Waals surface area contributed by atoms with Crippen molar-refractivity contribution in [3.63, 3.8) is 0 Å². The summed E-state index contributed by atoms with van der Waals surface area (Å²) < 4.78 is 5.44. The first-order chi connectivity index (χ1) is 10.4. The molecule has 0 bridgehead atoms. The summed E-state index contributed by atoms with van der Waals surface area (Å²) >= 11 is 0. The first-order valence-corrected chi connectivity index (χ1v) is 8.09. The Morgan fingerprint density at radius 2 is 2.18 bits per heavy atom. The van der Waals surface area contributed by atoms with Crippen LogP contribution in [0.5, 0.6) is 0 Å². The van der Waals surface area contributed by atoms with Gasteiger partial charge in [-0.05, 0) is 46.1 Å². The maximum atomic E-state index is 12.6. The lowest BCUT2D eigenvalue weighted by Crippen LogP contribution is -2.47. The Kier molecular flexibility index (Phi) is 5.27. The van der Waals surface area contributed by atoms with Gasteiger partial charge in [0.25, 0.3) is 5.91 Å². The zero-order valence-electron chi connectivity index (χ0n) is 13.9. The van der Waals surface area contributed by atoms with Crippen molar-refractivity contribution in [2.45, 2.75) is 53.0 Å². The van der Waals surface area contributed by atoms with Gasteiger partial charge in [0.1, 0.15) is 11.5 Å². The van der Waals surface area contributed by atoms with Gasteiger partial charge in [-0.25, -0.2) is 0 Å². The smallest absolute Gasteiger partial charge is 0.257 e. The number of nitrogens with one attached hydrogen (secondary N) is 1. The molecule has 2 heterocycles. The van der Waals surface area contributed by atoms with Gasteiger partial charge in [-0.2, -0.15) is 0 Å². The monoisotopic (exact) mass is 306 g/mol. The van der Waals surface area contributed by atoms with E-state index in [1.165, 1.54) is 0 Å². The van der Waals surface area contributed by atoms with E-state index in [1.54, 1.807) is 17.9 Å². The molecule has 1 saturated heterocycles. The Bertz CT molecular complexity index is 550. The van der Waals surface area contributed by atoms with Crippen LogP contribution in [0.2, 0.25) is 0 Å². The third-order valence-electron chi connectivity index (χ3n) is 4.35. The highest BCUT2D eigenvalue weighted by molar-refractivity contribution is 5.95. The highest BCUT2D eigenvalue weighted by atomic mass is 16.3. The molecule has 2 atom stereocenters. The highest BCUT2D eigenvalue weighted by Gasteiger charge is 2.30. The van der Waals surface area contributed by atoms with E-state index in [2.05, 4.69) is 5.32 Å². The predicted molar refractivity (Wildman–Crippen MR) is 84.7 cm³/mol. The number of nitrogens with zero attached hydrogens (tertiary/aromatic N) is 1. The number of carbonyl (C=O) groups excluding carboxylic acids is 2. The van der Waals surface area contributed by atoms with Gasteiger partial charge in [-0.1, -0.05) is 6.92 Å². The molecule has 22 heavy (non-hydrogen) atoms. The lowest BCUT2D eigenvalue weighted by Gasteiger charge is -2.32. The zero-order chi connectivity index (χ0) is 16.3. The van der Waals surface area contributed by atoms with Crippen LogP contribution in [0.3, 0.4) is 0 Å². The van der Waals surface area contributed by atoms with Gasteiger partial charge in [0, 0.05) is 19.1 Å². The van der Waals surface area contributed by atoms with E-state index in [0.29, 0.717) is 24.4 Å². The van der Waals surface area contributed by atoms with E-state index in [4.69, 9.17) is 4.42 Å². The number of aryl methyl sites for hydroxylation is 2. The number of rotatable bonds is 4. The van der Waals surface area contributed by atoms with Crippen molar-refractivity contribution in [1.82, 2.24) is 10.2 Å². The normalized spacial score (nSPS) is 19.8. The number of furan rings is 1. The Morgan fingerprint density at radius 3 is 2.77 bits per heavy atom. The molecule has 0 spiro atoms. The fourth-order valence-corrected chi connectivity index (χ4v) is 2.85. The lowest BCUT2D eigenvalue weighted by atomic mass is 9.96. The molecule has 1 N–H and O–H groups in total. The van der Waals surface area contributed by atoms with Crippen molar-refractivity contribution in [2.75, 3.05) is 13.1 Å². The average molecular weight is 306 g/mol. The summed E-state index contributed by atoms with van der Waals surface area (Å²) in [5.41, 5.74) is 0.612. The summed E-state index contributed by atoms with van der Waals surface area (Å²) in [7, 11) is 0. The molecule has 2 amide bonds. The van der Waals surface area contributed by atoms with Crippen molar-refractivity contribution < 1.29 is 14.0 Å². The Hall–Kier alpha value is -1.78. The fraction of sp³-hybridized carbons (Fsp3) is 0.647. The van der Waals surface area contributed by atoms with Gasteiger partial charge in [0.2, 0.25) is 5.91 Å². The van der Waals surface area contributed by atoms with E-state index in [1.807, 2.05) is 20.8 Å². The van der Waals surface area contributed by atoms with E-state index in [-0.39, 0.29) is 23.8 Å². The van der Waals surface area contributed by atoms with Crippen LogP contribution in [0, 0.1) is 19.8 Å². The van der Waals surface area contributed by atoms with Gasteiger partial charge in [-0.15, -0.1) is 0 Å². The second kappa shape index (κ2) is 6.99. The van der Waals surface area contributed by atoms with Crippen LogP contribution < -0.4 is 5.32 Å². The van der Waals surface area contributed by atoms with Crippen LogP contribution in [0.15, 0.2) is 10.5 Å². The minimum absolute atomic E-state index is 0.0320. The Labute approximate surface area is 132 Å². The second-order valence-corrected chi connectivity index (χ2v) is 6.24. The molecule has 1 aromatic rings. The first kappa shape index (κ1) is 16.6. The minimum atomic E-state index is -0.111. The van der Waals surface area contributed by atoms with Gasteiger partial charge in [0.15, 0.2) is 0 Å². The van der Waals surface area contributed by atoms with Crippen molar-refractivity contribution in [3.8, 4) is 0 Å². The number of amides is 2. The van der Waals surface area contributed by atoms with Crippen molar-refractivity contribution in [1.29, 1.82) is 0 Å². The van der Waals surface area contributed by atoms with Crippen LogP contribution in [0.25, 0.3) is 0 Å². The molecule has 1 aliphatic heterocycles. The third-order valence-corrected chi connectivity index (χ3v) is 4.35. The van der Waals surface area contributed by atoms with Gasteiger partial charge >= 0.3 is 0 Å². The minimum Gasteiger partial charge on any atom is -0.466 e. The van der Waals surface area contributed by atoms with Crippen LogP contribution in [0.1, 0.15) is 55.0 Å². The first-order valence-electron chi connectivity index (χ1n) is 8.09. The number of piperidine rings is 1. The summed E-state index contributed by atoms with van der Waals surface area (Å²) in [5.74, 6) is 1.31. The predicted octanol–water partition coefficient (Wildman–Crippen LogP) is 2.66. The van der Waals surface area contributed by atoms with Gasteiger partial charge in [-0.3, -0.25) is 9.59 Å². The number of likely N-dealkylation sites (tertiary alicyclic amines) is 1. The van der Waals surface area contributed by atoms with E-state index in [9.17, 15) is 9.59 Å². The second-order valence-electron chi connectivity index (χ2n) is 6.24. The summed E-state index contributed by atoms with van der Waals surface area (Å²) in [4.78, 5) is 26.7. The summed E-state index contributed by atoms with van der Waals surface area (Å²) in [6.07, 6.45) is 2.62. The van der Waals surface area contributed by atoms with E-state index in [0.717, 1.165) is 25.0 Å². The van der Waals surface area contributed by atoms with Crippen LogP contribution in [-0.4, -0.2) is 35.8 Å². The molecular weight excluding hydrogens is 280 g/mol. The maximum Gasteiger partial charge on any atom is 0.257 e. The number of hydrogen-bond acceptors (Lipinski definition) is 3. The molecule has 0 aromatic carbocycles. The van der Waals surface area contributed by atoms with Crippen molar-refractivity contribution >= 4 is 11.8 Å². The van der Waals surface area contributed by atoms with Gasteiger partial charge in [0.05, 0.1) is 11.5 Å². The highest BCUT2D eigenvalue weighted by Crippen LogP contribution is 2.22. The molecule has 2 unspecified atom stereocenters. The third kappa shape index (κ3) is 3.70. The zero-order valence-corrected chi connectivity index (χ0v) is 13.9. The molecule has 1 fully saturated rings. The Morgan fingerprint density at radius 1 is 1.45 bits per heavy atom. The van der Waals surface area contributed by atoms with Crippen LogP contribution in [0.4, 0.5) is 0 Å². The summed E-state index contributed by atoms with van der Waals surface area (Å²) in [5, 5.41) is 3.02. The maximum absolute atomic E-state index is 12.6. The SMILES string of the molecule is CCC(C)NC(=O)C1CCCN(C(=O)c2cc(C)oc2C)C1. The molecule has 0 radical (unpaired) electrons. The van der Waals surface area contributed by atoms with E-state index < -0.39 is 0 Å². The number of hydrogen-bond donors (Lipinski definition) is 1. The van der Waals surface area contributed by atoms with Crippen molar-refractivity contribution in [2.24, 2.45) is 5.92 Å². The summed E-state index contributed by atoms with van der Waals surface area (Å²) in [6, 6.07) is 1.96. The molecule has 0 aliphatic carbocycles. The molecule has 5 heteroatoms. The Balaban J connectivity index is 2.02. The number of carbonyl (C=O) groups is 2. The topological polar surface area (TPSA) is 62.6 Å². The quantitative estimate of drug-likeness (QED) is 0.930. The molecule has 122 valence electrons. The molecular formula is C17H26N2O3. The van der Waals surface area contributed by atoms with Crippen LogP contribution >= 0.6 is 0 Å². The van der Waals surface area contributed by atoms with Crippen LogP contribution in [-0.2, 0) is 4.79 Å². The fourth-order valence-electron chi connectivity index (χ4n) is 2.85.